The standard InChI is InChI=1S/C25H37NO3/c1-25-10-9-19-18-5-3-16(15-28-2)13-17(18)4-6-20(19)21(25)7-8-22(25)23(27)14-24-26-11-12-29-24/h11-12,16-22H,3-10,13-15H2,1-2H3. The SMILES string of the molecule is COCC1CCC2C(CCC3C2CCC2(C)C(C(=O)Cc4ncco4)CCC32)C1. The van der Waals surface area contributed by atoms with Gasteiger partial charge >= 0.3 is 0 Å². The predicted octanol–water partition coefficient (Wildman–Crippen LogP) is 5.32. The van der Waals surface area contributed by atoms with Crippen molar-refractivity contribution in [3.8, 4) is 0 Å². The first kappa shape index (κ1) is 19.8. The summed E-state index contributed by atoms with van der Waals surface area (Å²) in [6.45, 7) is 3.40. The van der Waals surface area contributed by atoms with Crippen LogP contribution in [0.1, 0.15) is 70.6 Å². The molecule has 4 saturated carbocycles. The van der Waals surface area contributed by atoms with E-state index in [0.29, 0.717) is 18.1 Å². The van der Waals surface area contributed by atoms with Crippen molar-refractivity contribution in [2.75, 3.05) is 13.7 Å². The number of carbonyl (C=O) groups is 1. The second-order valence-electron chi connectivity index (χ2n) is 10.8. The molecule has 8 atom stereocenters. The number of ketones is 1. The molecule has 29 heavy (non-hydrogen) atoms. The Morgan fingerprint density at radius 3 is 2.79 bits per heavy atom. The average Bonchev–Trinajstić information content (AvgIpc) is 3.34. The van der Waals surface area contributed by atoms with Gasteiger partial charge in [0.15, 0.2) is 0 Å². The first-order valence-corrected chi connectivity index (χ1v) is 12.0. The van der Waals surface area contributed by atoms with Gasteiger partial charge in [-0.3, -0.25) is 4.79 Å². The second kappa shape index (κ2) is 7.83. The molecule has 0 aliphatic heterocycles. The van der Waals surface area contributed by atoms with Crippen LogP contribution in [0.15, 0.2) is 16.9 Å². The summed E-state index contributed by atoms with van der Waals surface area (Å²) in [4.78, 5) is 17.3. The van der Waals surface area contributed by atoms with Gasteiger partial charge in [-0.25, -0.2) is 4.98 Å². The number of hydrogen-bond donors (Lipinski definition) is 0. The molecule has 4 fully saturated rings. The van der Waals surface area contributed by atoms with Crippen LogP contribution in [0.3, 0.4) is 0 Å². The summed E-state index contributed by atoms with van der Waals surface area (Å²) < 4.78 is 10.8. The molecule has 1 aromatic rings. The lowest BCUT2D eigenvalue weighted by Gasteiger charge is -2.56. The van der Waals surface area contributed by atoms with Crippen molar-refractivity contribution in [1.29, 1.82) is 0 Å². The Balaban J connectivity index is 1.28. The van der Waals surface area contributed by atoms with Crippen molar-refractivity contribution in [2.45, 2.75) is 71.1 Å². The van der Waals surface area contributed by atoms with Gasteiger partial charge < -0.3 is 9.15 Å². The van der Waals surface area contributed by atoms with Crippen LogP contribution >= 0.6 is 0 Å². The third-order valence-corrected chi connectivity index (χ3v) is 9.66. The van der Waals surface area contributed by atoms with E-state index < -0.39 is 0 Å². The zero-order valence-corrected chi connectivity index (χ0v) is 18.1. The first-order valence-electron chi connectivity index (χ1n) is 12.0. The highest BCUT2D eigenvalue weighted by Gasteiger charge is 2.58. The van der Waals surface area contributed by atoms with Crippen LogP contribution in [-0.2, 0) is 16.0 Å². The normalized spacial score (nSPS) is 44.0. The highest BCUT2D eigenvalue weighted by atomic mass is 16.5. The van der Waals surface area contributed by atoms with E-state index in [1.807, 2.05) is 7.11 Å². The molecule has 160 valence electrons. The van der Waals surface area contributed by atoms with Crippen molar-refractivity contribution in [3.63, 3.8) is 0 Å². The van der Waals surface area contributed by atoms with E-state index in [1.165, 1.54) is 51.4 Å². The van der Waals surface area contributed by atoms with Crippen molar-refractivity contribution < 1.29 is 13.9 Å². The Morgan fingerprint density at radius 2 is 2.00 bits per heavy atom. The number of carbonyl (C=O) groups excluding carboxylic acids is 1. The molecule has 8 unspecified atom stereocenters. The van der Waals surface area contributed by atoms with E-state index in [1.54, 1.807) is 12.5 Å². The first-order chi connectivity index (χ1) is 14.1. The van der Waals surface area contributed by atoms with Crippen LogP contribution in [0.25, 0.3) is 0 Å². The van der Waals surface area contributed by atoms with Crippen molar-refractivity contribution in [3.05, 3.63) is 18.4 Å². The largest absolute Gasteiger partial charge is 0.449 e. The lowest BCUT2D eigenvalue weighted by Crippen LogP contribution is -2.49. The number of oxazole rings is 1. The number of nitrogens with zero attached hydrogens (tertiary/aromatic N) is 1. The average molecular weight is 400 g/mol. The summed E-state index contributed by atoms with van der Waals surface area (Å²) in [7, 11) is 1.85. The molecule has 5 rings (SSSR count). The van der Waals surface area contributed by atoms with Crippen LogP contribution in [0, 0.1) is 46.8 Å². The Bertz CT molecular complexity index is 716. The molecule has 4 nitrogen and oxygen atoms in total. The van der Waals surface area contributed by atoms with Crippen LogP contribution < -0.4 is 0 Å². The lowest BCUT2D eigenvalue weighted by molar-refractivity contribution is -0.130. The van der Waals surface area contributed by atoms with E-state index in [2.05, 4.69) is 11.9 Å². The van der Waals surface area contributed by atoms with E-state index in [9.17, 15) is 4.79 Å². The monoisotopic (exact) mass is 399 g/mol. The Morgan fingerprint density at radius 1 is 1.14 bits per heavy atom. The van der Waals surface area contributed by atoms with Gasteiger partial charge in [-0.15, -0.1) is 0 Å². The van der Waals surface area contributed by atoms with Crippen molar-refractivity contribution >= 4 is 5.78 Å². The maximum Gasteiger partial charge on any atom is 0.201 e. The highest BCUT2D eigenvalue weighted by molar-refractivity contribution is 5.83. The summed E-state index contributed by atoms with van der Waals surface area (Å²) in [6.07, 6.45) is 15.5. The van der Waals surface area contributed by atoms with Crippen LogP contribution in [-0.4, -0.2) is 24.5 Å². The molecular weight excluding hydrogens is 362 g/mol. The van der Waals surface area contributed by atoms with Crippen LogP contribution in [0.4, 0.5) is 0 Å². The second-order valence-corrected chi connectivity index (χ2v) is 10.8. The van der Waals surface area contributed by atoms with E-state index in [4.69, 9.17) is 9.15 Å². The fourth-order valence-electron chi connectivity index (χ4n) is 8.48. The van der Waals surface area contributed by atoms with E-state index >= 15 is 0 Å². The van der Waals surface area contributed by atoms with Gasteiger partial charge in [-0.05, 0) is 98.7 Å². The number of ether oxygens (including phenoxy) is 1. The molecule has 0 bridgehead atoms. The fourth-order valence-corrected chi connectivity index (χ4v) is 8.48. The summed E-state index contributed by atoms with van der Waals surface area (Å²) in [5.74, 6) is 6.33. The van der Waals surface area contributed by atoms with Crippen LogP contribution in [0.5, 0.6) is 0 Å². The topological polar surface area (TPSA) is 52.3 Å². The zero-order valence-electron chi connectivity index (χ0n) is 18.1. The molecule has 0 amide bonds. The molecule has 0 aromatic carbocycles. The fraction of sp³-hybridized carbons (Fsp3) is 0.840. The van der Waals surface area contributed by atoms with Gasteiger partial charge in [0.25, 0.3) is 0 Å². The van der Waals surface area contributed by atoms with Gasteiger partial charge in [0.05, 0.1) is 12.6 Å². The number of aromatic nitrogens is 1. The molecule has 0 N–H and O–H groups in total. The number of rotatable bonds is 5. The summed E-state index contributed by atoms with van der Waals surface area (Å²) >= 11 is 0. The third kappa shape index (κ3) is 3.40. The summed E-state index contributed by atoms with van der Waals surface area (Å²) in [5.41, 5.74) is 0.199. The molecule has 1 heterocycles. The molecule has 0 radical (unpaired) electrons. The molecule has 4 aliphatic rings. The smallest absolute Gasteiger partial charge is 0.201 e. The molecule has 1 aromatic heterocycles. The lowest BCUT2D eigenvalue weighted by atomic mass is 9.49. The van der Waals surface area contributed by atoms with Gasteiger partial charge in [0.1, 0.15) is 12.0 Å². The number of Topliss-reactive ketones (excluding diaryl/α,β-unsaturated/α-hetero) is 1. The maximum atomic E-state index is 13.1. The van der Waals surface area contributed by atoms with Crippen LogP contribution in [0.2, 0.25) is 0 Å². The van der Waals surface area contributed by atoms with E-state index in [-0.39, 0.29) is 11.3 Å². The minimum atomic E-state index is 0.199. The van der Waals surface area contributed by atoms with Crippen molar-refractivity contribution in [1.82, 2.24) is 4.98 Å². The number of hydrogen-bond acceptors (Lipinski definition) is 4. The van der Waals surface area contributed by atoms with Crippen molar-refractivity contribution in [2.24, 2.45) is 46.8 Å². The third-order valence-electron chi connectivity index (χ3n) is 9.66. The minimum absolute atomic E-state index is 0.199. The quantitative estimate of drug-likeness (QED) is 0.672. The maximum absolute atomic E-state index is 13.1. The molecule has 4 aliphatic carbocycles. The Hall–Kier alpha value is -1.16. The van der Waals surface area contributed by atoms with E-state index in [0.717, 1.165) is 48.5 Å². The van der Waals surface area contributed by atoms with Gasteiger partial charge in [0.2, 0.25) is 5.89 Å². The zero-order chi connectivity index (χ0) is 20.0. The number of methoxy groups -OCH3 is 1. The van der Waals surface area contributed by atoms with Gasteiger partial charge in [-0.2, -0.15) is 0 Å². The highest BCUT2D eigenvalue weighted by Crippen LogP contribution is 2.64. The predicted molar refractivity (Wildman–Crippen MR) is 111 cm³/mol. The molecule has 0 spiro atoms. The molecular formula is C25H37NO3. The van der Waals surface area contributed by atoms with Gasteiger partial charge in [-0.1, -0.05) is 6.92 Å². The number of fused-ring (bicyclic) bond motifs is 5. The molecule has 0 saturated heterocycles. The molecule has 4 heteroatoms. The minimum Gasteiger partial charge on any atom is -0.449 e. The summed E-state index contributed by atoms with van der Waals surface area (Å²) in [6, 6.07) is 0. The summed E-state index contributed by atoms with van der Waals surface area (Å²) in [5, 5.41) is 0. The van der Waals surface area contributed by atoms with Gasteiger partial charge in [0, 0.05) is 19.6 Å². The Kier molecular flexibility index (Phi) is 5.34. The Labute approximate surface area is 175 Å².